The van der Waals surface area contributed by atoms with E-state index >= 15 is 0 Å². The van der Waals surface area contributed by atoms with Crippen LogP contribution in [0, 0.1) is 6.92 Å². The van der Waals surface area contributed by atoms with E-state index in [2.05, 4.69) is 21.2 Å². The van der Waals surface area contributed by atoms with Gasteiger partial charge in [0.2, 0.25) is 0 Å². The maximum absolute atomic E-state index is 12.3. The minimum Gasteiger partial charge on any atom is -0.389 e. The van der Waals surface area contributed by atoms with Gasteiger partial charge in [-0.3, -0.25) is 4.79 Å². The van der Waals surface area contributed by atoms with Crippen LogP contribution in [0.5, 0.6) is 0 Å². The lowest BCUT2D eigenvalue weighted by Gasteiger charge is -2.11. The highest BCUT2D eigenvalue weighted by Crippen LogP contribution is 2.23. The maximum Gasteiger partial charge on any atom is 0.255 e. The quantitative estimate of drug-likeness (QED) is 0.777. The van der Waals surface area contributed by atoms with Gasteiger partial charge in [-0.2, -0.15) is 0 Å². The fourth-order valence-corrected chi connectivity index (χ4v) is 2.49. The molecule has 0 atom stereocenters. The minimum absolute atomic E-state index is 0.201. The van der Waals surface area contributed by atoms with Crippen molar-refractivity contribution >= 4 is 56.3 Å². The number of rotatable bonds is 3. The van der Waals surface area contributed by atoms with Gasteiger partial charge in [0.05, 0.1) is 5.69 Å². The van der Waals surface area contributed by atoms with E-state index in [1.807, 2.05) is 13.0 Å². The molecule has 0 radical (unpaired) electrons. The summed E-state index contributed by atoms with van der Waals surface area (Å²) < 4.78 is 0.871. The van der Waals surface area contributed by atoms with Crippen LogP contribution in [-0.2, 0) is 0 Å². The zero-order valence-electron chi connectivity index (χ0n) is 11.1. The van der Waals surface area contributed by atoms with Gasteiger partial charge < -0.3 is 11.1 Å². The van der Waals surface area contributed by atoms with Crippen molar-refractivity contribution in [1.29, 1.82) is 0 Å². The van der Waals surface area contributed by atoms with Crippen LogP contribution in [0.4, 0.5) is 5.69 Å². The topological polar surface area (TPSA) is 55.1 Å². The van der Waals surface area contributed by atoms with E-state index in [4.69, 9.17) is 29.6 Å². The maximum atomic E-state index is 12.3. The highest BCUT2D eigenvalue weighted by atomic mass is 79.9. The lowest BCUT2D eigenvalue weighted by atomic mass is 10.1. The summed E-state index contributed by atoms with van der Waals surface area (Å²) in [5.74, 6) is -0.254. The van der Waals surface area contributed by atoms with E-state index < -0.39 is 0 Å². The molecule has 2 aromatic rings. The second kappa shape index (κ2) is 6.56. The molecule has 0 fully saturated rings. The monoisotopic (exact) mass is 382 g/mol. The molecule has 2 rings (SSSR count). The lowest BCUT2D eigenvalue weighted by Crippen LogP contribution is -2.17. The average molecular weight is 384 g/mol. The summed E-state index contributed by atoms with van der Waals surface area (Å²) in [5, 5.41) is 3.28. The number of benzene rings is 2. The SMILES string of the molecule is Cc1ccc(C(=O)Nc2cc(Cl)ccc2C(N)=S)cc1Br. The second-order valence-electron chi connectivity index (χ2n) is 4.47. The average Bonchev–Trinajstić information content (AvgIpc) is 2.41. The lowest BCUT2D eigenvalue weighted by molar-refractivity contribution is 0.102. The van der Waals surface area contributed by atoms with Gasteiger partial charge in [0.15, 0.2) is 0 Å². The highest BCUT2D eigenvalue weighted by Gasteiger charge is 2.12. The number of amides is 1. The summed E-state index contributed by atoms with van der Waals surface area (Å²) in [5.41, 5.74) is 8.31. The largest absolute Gasteiger partial charge is 0.389 e. The van der Waals surface area contributed by atoms with Gasteiger partial charge in [-0.15, -0.1) is 0 Å². The van der Waals surface area contributed by atoms with E-state index in [1.165, 1.54) is 0 Å². The molecule has 0 aliphatic carbocycles. The molecule has 0 saturated heterocycles. The third-order valence-corrected chi connectivity index (χ3v) is 4.24. The highest BCUT2D eigenvalue weighted by molar-refractivity contribution is 9.10. The normalized spacial score (nSPS) is 10.2. The number of carbonyl (C=O) groups is 1. The number of halogens is 2. The Labute approximate surface area is 141 Å². The molecular weight excluding hydrogens is 372 g/mol. The van der Waals surface area contributed by atoms with Crippen LogP contribution in [-0.4, -0.2) is 10.9 Å². The molecule has 0 bridgehead atoms. The Bertz CT molecular complexity index is 734. The van der Waals surface area contributed by atoms with Gasteiger partial charge in [-0.1, -0.05) is 45.8 Å². The van der Waals surface area contributed by atoms with E-state index in [9.17, 15) is 4.79 Å². The first-order valence-electron chi connectivity index (χ1n) is 6.05. The van der Waals surface area contributed by atoms with Crippen LogP contribution < -0.4 is 11.1 Å². The predicted molar refractivity (Wildman–Crippen MR) is 94.2 cm³/mol. The number of thiocarbonyl (C=S) groups is 1. The van der Waals surface area contributed by atoms with Gasteiger partial charge in [-0.05, 0) is 42.8 Å². The van der Waals surface area contributed by atoms with Crippen molar-refractivity contribution in [2.45, 2.75) is 6.92 Å². The Morgan fingerprint density at radius 3 is 2.62 bits per heavy atom. The third-order valence-electron chi connectivity index (χ3n) is 2.93. The first kappa shape index (κ1) is 15.9. The van der Waals surface area contributed by atoms with Gasteiger partial charge >= 0.3 is 0 Å². The van der Waals surface area contributed by atoms with Gasteiger partial charge in [-0.25, -0.2) is 0 Å². The Morgan fingerprint density at radius 2 is 2.00 bits per heavy atom. The Balaban J connectivity index is 2.33. The molecule has 0 unspecified atom stereocenters. The van der Waals surface area contributed by atoms with E-state index in [0.29, 0.717) is 21.8 Å². The predicted octanol–water partition coefficient (Wildman–Crippen LogP) is 4.30. The van der Waals surface area contributed by atoms with Crippen molar-refractivity contribution in [2.24, 2.45) is 5.73 Å². The molecule has 3 nitrogen and oxygen atoms in total. The van der Waals surface area contributed by atoms with Crippen molar-refractivity contribution in [3.05, 3.63) is 62.6 Å². The number of carbonyl (C=O) groups excluding carboxylic acids is 1. The van der Waals surface area contributed by atoms with Crippen LogP contribution in [0.3, 0.4) is 0 Å². The molecule has 6 heteroatoms. The van der Waals surface area contributed by atoms with Gasteiger partial charge in [0.1, 0.15) is 4.99 Å². The summed E-state index contributed by atoms with van der Waals surface area (Å²) in [4.78, 5) is 12.5. The number of anilines is 1. The molecule has 0 spiro atoms. The summed E-state index contributed by atoms with van der Waals surface area (Å²) in [6.45, 7) is 1.95. The molecule has 0 aliphatic rings. The van der Waals surface area contributed by atoms with Crippen molar-refractivity contribution in [2.75, 3.05) is 5.32 Å². The number of nitrogens with one attached hydrogen (secondary N) is 1. The molecule has 3 N–H and O–H groups in total. The number of hydrogen-bond donors (Lipinski definition) is 2. The third kappa shape index (κ3) is 3.81. The fraction of sp³-hybridized carbons (Fsp3) is 0.0667. The molecule has 0 heterocycles. The van der Waals surface area contributed by atoms with Crippen molar-refractivity contribution in [1.82, 2.24) is 0 Å². The summed E-state index contributed by atoms with van der Waals surface area (Å²) in [6, 6.07) is 10.4. The Hall–Kier alpha value is -1.43. The summed E-state index contributed by atoms with van der Waals surface area (Å²) >= 11 is 14.3. The number of aryl methyl sites for hydroxylation is 1. The smallest absolute Gasteiger partial charge is 0.255 e. The molecule has 0 saturated carbocycles. The molecule has 0 aliphatic heterocycles. The molecule has 1 amide bonds. The van der Waals surface area contributed by atoms with E-state index in [1.54, 1.807) is 30.3 Å². The number of hydrogen-bond acceptors (Lipinski definition) is 2. The van der Waals surface area contributed by atoms with Crippen molar-refractivity contribution in [3.63, 3.8) is 0 Å². The molecule has 0 aromatic heterocycles. The van der Waals surface area contributed by atoms with Crippen LogP contribution >= 0.6 is 39.7 Å². The van der Waals surface area contributed by atoms with Crippen LogP contribution in [0.25, 0.3) is 0 Å². The van der Waals surface area contributed by atoms with Crippen LogP contribution in [0.15, 0.2) is 40.9 Å². The molecular formula is C15H12BrClN2OS. The summed E-state index contributed by atoms with van der Waals surface area (Å²) in [7, 11) is 0. The van der Waals surface area contributed by atoms with E-state index in [-0.39, 0.29) is 10.9 Å². The standard InChI is InChI=1S/C15H12BrClN2OS/c1-8-2-3-9(6-12(8)16)15(20)19-13-7-10(17)4-5-11(13)14(18)21/h2-7H,1H3,(H2,18,21)(H,19,20). The zero-order chi connectivity index (χ0) is 15.6. The zero-order valence-corrected chi connectivity index (χ0v) is 14.3. The molecule has 21 heavy (non-hydrogen) atoms. The van der Waals surface area contributed by atoms with Crippen molar-refractivity contribution in [3.8, 4) is 0 Å². The Kier molecular flexibility index (Phi) is 4.98. The van der Waals surface area contributed by atoms with Crippen LogP contribution in [0.2, 0.25) is 5.02 Å². The fourth-order valence-electron chi connectivity index (χ4n) is 1.76. The molecule has 108 valence electrons. The Morgan fingerprint density at radius 1 is 1.29 bits per heavy atom. The number of nitrogens with two attached hydrogens (primary N) is 1. The van der Waals surface area contributed by atoms with Gasteiger partial charge in [0.25, 0.3) is 5.91 Å². The first-order chi connectivity index (χ1) is 9.88. The van der Waals surface area contributed by atoms with Gasteiger partial charge in [0, 0.05) is 20.6 Å². The van der Waals surface area contributed by atoms with Crippen molar-refractivity contribution < 1.29 is 4.79 Å². The first-order valence-corrected chi connectivity index (χ1v) is 7.63. The van der Waals surface area contributed by atoms with Crippen LogP contribution in [0.1, 0.15) is 21.5 Å². The molecule has 2 aromatic carbocycles. The minimum atomic E-state index is -0.254. The second-order valence-corrected chi connectivity index (χ2v) is 6.20. The summed E-state index contributed by atoms with van der Waals surface area (Å²) in [6.07, 6.45) is 0. The van der Waals surface area contributed by atoms with E-state index in [0.717, 1.165) is 10.0 Å².